The first-order valence-electron chi connectivity index (χ1n) is 3.48. The molecule has 0 aliphatic heterocycles. The van der Waals surface area contributed by atoms with Gasteiger partial charge in [-0.3, -0.25) is 4.55 Å². The van der Waals surface area contributed by atoms with Crippen molar-refractivity contribution in [3.8, 4) is 0 Å². The van der Waals surface area contributed by atoms with E-state index in [1.165, 1.54) is 0 Å². The van der Waals surface area contributed by atoms with Crippen molar-refractivity contribution in [3.63, 3.8) is 0 Å². The number of hydrogen-bond donors (Lipinski definition) is 1. The third kappa shape index (κ3) is 3.17. The number of hydrogen-bond acceptors (Lipinski definition) is 2. The molecular weight excluding hydrogens is 152 g/mol. The van der Waals surface area contributed by atoms with E-state index < -0.39 is 15.4 Å². The van der Waals surface area contributed by atoms with Crippen LogP contribution < -0.4 is 0 Å². The average molecular weight is 166 g/mol. The maximum absolute atomic E-state index is 10.5. The van der Waals surface area contributed by atoms with Crippen LogP contribution in [-0.4, -0.2) is 18.2 Å². The van der Waals surface area contributed by atoms with Gasteiger partial charge in [-0.05, 0) is 12.8 Å². The second kappa shape index (κ2) is 3.93. The third-order valence-electron chi connectivity index (χ3n) is 1.49. The van der Waals surface area contributed by atoms with Crippen molar-refractivity contribution in [1.29, 1.82) is 0 Å². The Balaban J connectivity index is 4.08. The largest absolute Gasteiger partial charge is 0.285 e. The minimum atomic E-state index is -3.78. The maximum atomic E-state index is 10.5. The molecule has 0 radical (unpaired) electrons. The Hall–Kier alpha value is -0.0900. The van der Waals surface area contributed by atoms with E-state index in [0.29, 0.717) is 12.8 Å². The van der Waals surface area contributed by atoms with E-state index in [2.05, 4.69) is 0 Å². The van der Waals surface area contributed by atoms with E-state index in [4.69, 9.17) is 4.55 Å². The molecule has 62 valence electrons. The van der Waals surface area contributed by atoms with Crippen molar-refractivity contribution in [2.45, 2.75) is 38.4 Å². The maximum Gasteiger partial charge on any atom is 0.267 e. The summed E-state index contributed by atoms with van der Waals surface area (Å²) in [6.07, 6.45) is 1.83. The van der Waals surface area contributed by atoms with Crippen molar-refractivity contribution >= 4 is 10.1 Å². The Morgan fingerprint density at radius 2 is 1.90 bits per heavy atom. The zero-order valence-electron chi connectivity index (χ0n) is 6.37. The van der Waals surface area contributed by atoms with E-state index in [0.717, 1.165) is 6.42 Å². The molecule has 4 heteroatoms. The quantitative estimate of drug-likeness (QED) is 0.643. The summed E-state index contributed by atoms with van der Waals surface area (Å²) in [4.78, 5) is 0. The Labute approximate surface area is 62.2 Å². The number of rotatable bonds is 4. The molecule has 0 aliphatic carbocycles. The lowest BCUT2D eigenvalue weighted by molar-refractivity contribution is 0.458. The van der Waals surface area contributed by atoms with E-state index in [1.54, 1.807) is 6.92 Å². The van der Waals surface area contributed by atoms with Gasteiger partial charge in [-0.15, -0.1) is 0 Å². The molecule has 0 saturated carbocycles. The van der Waals surface area contributed by atoms with Crippen LogP contribution in [0.4, 0.5) is 0 Å². The highest BCUT2D eigenvalue weighted by Crippen LogP contribution is 2.09. The van der Waals surface area contributed by atoms with Crippen molar-refractivity contribution in [2.75, 3.05) is 0 Å². The van der Waals surface area contributed by atoms with Gasteiger partial charge in [0.1, 0.15) is 0 Å². The van der Waals surface area contributed by atoms with Crippen LogP contribution in [0, 0.1) is 0 Å². The summed E-state index contributed by atoms with van der Waals surface area (Å²) in [6, 6.07) is 0. The molecule has 0 rings (SSSR count). The lowest BCUT2D eigenvalue weighted by Crippen LogP contribution is -2.18. The minimum Gasteiger partial charge on any atom is -0.285 e. The second-order valence-electron chi connectivity index (χ2n) is 2.33. The summed E-state index contributed by atoms with van der Waals surface area (Å²) < 4.78 is 29.6. The molecule has 3 nitrogen and oxygen atoms in total. The molecule has 0 spiro atoms. The van der Waals surface area contributed by atoms with Crippen LogP contribution in [0.25, 0.3) is 0 Å². The fraction of sp³-hybridized carbons (Fsp3) is 1.00. The first kappa shape index (κ1) is 9.91. The first-order valence-corrected chi connectivity index (χ1v) is 4.99. The van der Waals surface area contributed by atoms with Gasteiger partial charge in [0.25, 0.3) is 10.1 Å². The highest BCUT2D eigenvalue weighted by molar-refractivity contribution is 7.86. The molecule has 1 N–H and O–H groups in total. The SMILES string of the molecule is CCCC(CC)S(=O)(=O)O. The van der Waals surface area contributed by atoms with Crippen LogP contribution >= 0.6 is 0 Å². The Morgan fingerprint density at radius 3 is 2.00 bits per heavy atom. The van der Waals surface area contributed by atoms with Crippen LogP contribution in [-0.2, 0) is 10.1 Å². The molecule has 0 aliphatic rings. The molecule has 0 bridgehead atoms. The van der Waals surface area contributed by atoms with E-state index >= 15 is 0 Å². The van der Waals surface area contributed by atoms with E-state index in [9.17, 15) is 8.42 Å². The predicted octanol–water partition coefficient (Wildman–Crippen LogP) is 1.45. The molecular formula is C6H14O3S. The molecule has 0 aromatic rings. The summed E-state index contributed by atoms with van der Waals surface area (Å²) in [5, 5.41) is -0.558. The molecule has 0 aromatic heterocycles. The highest BCUT2D eigenvalue weighted by atomic mass is 32.2. The van der Waals surface area contributed by atoms with Gasteiger partial charge in [0, 0.05) is 0 Å². The van der Waals surface area contributed by atoms with Gasteiger partial charge in [0.2, 0.25) is 0 Å². The highest BCUT2D eigenvalue weighted by Gasteiger charge is 2.18. The predicted molar refractivity (Wildman–Crippen MR) is 40.5 cm³/mol. The lowest BCUT2D eigenvalue weighted by Gasteiger charge is -2.08. The van der Waals surface area contributed by atoms with Crippen molar-refractivity contribution in [1.82, 2.24) is 0 Å². The molecule has 1 atom stereocenters. The Bertz CT molecular complexity index is 171. The van der Waals surface area contributed by atoms with Gasteiger partial charge in [-0.2, -0.15) is 8.42 Å². The zero-order valence-corrected chi connectivity index (χ0v) is 7.19. The van der Waals surface area contributed by atoms with Gasteiger partial charge in [-0.1, -0.05) is 20.3 Å². The Kier molecular flexibility index (Phi) is 3.89. The van der Waals surface area contributed by atoms with Gasteiger partial charge in [0.05, 0.1) is 5.25 Å². The van der Waals surface area contributed by atoms with Crippen molar-refractivity contribution in [2.24, 2.45) is 0 Å². The van der Waals surface area contributed by atoms with Crippen LogP contribution in [0.5, 0.6) is 0 Å². The summed E-state index contributed by atoms with van der Waals surface area (Å²) in [7, 11) is -3.78. The third-order valence-corrected chi connectivity index (χ3v) is 2.90. The van der Waals surface area contributed by atoms with Crippen LogP contribution in [0.2, 0.25) is 0 Å². The molecule has 0 amide bonds. The molecule has 0 heterocycles. The molecule has 0 saturated heterocycles. The molecule has 1 unspecified atom stereocenters. The van der Waals surface area contributed by atoms with Crippen molar-refractivity contribution < 1.29 is 13.0 Å². The Morgan fingerprint density at radius 1 is 1.40 bits per heavy atom. The fourth-order valence-electron chi connectivity index (χ4n) is 0.886. The average Bonchev–Trinajstić information content (AvgIpc) is 1.80. The van der Waals surface area contributed by atoms with Crippen LogP contribution in [0.15, 0.2) is 0 Å². The van der Waals surface area contributed by atoms with Crippen LogP contribution in [0.1, 0.15) is 33.1 Å². The fourth-order valence-corrected chi connectivity index (χ4v) is 1.84. The molecule has 0 fully saturated rings. The minimum absolute atomic E-state index is 0.493. The summed E-state index contributed by atoms with van der Waals surface area (Å²) in [5.74, 6) is 0. The monoisotopic (exact) mass is 166 g/mol. The first-order chi connectivity index (χ1) is 4.52. The van der Waals surface area contributed by atoms with E-state index in [-0.39, 0.29) is 0 Å². The summed E-state index contributed by atoms with van der Waals surface area (Å²) >= 11 is 0. The van der Waals surface area contributed by atoms with Gasteiger partial charge in [0.15, 0.2) is 0 Å². The zero-order chi connectivity index (χ0) is 8.20. The normalized spacial score (nSPS) is 15.1. The standard InChI is InChI=1S/C6H14O3S/c1-3-5-6(4-2)10(7,8)9/h6H,3-5H2,1-2H3,(H,7,8,9). The molecule has 0 aromatic carbocycles. The lowest BCUT2D eigenvalue weighted by atomic mass is 10.2. The topological polar surface area (TPSA) is 54.4 Å². The summed E-state index contributed by atoms with van der Waals surface area (Å²) in [5.41, 5.74) is 0. The van der Waals surface area contributed by atoms with Gasteiger partial charge < -0.3 is 0 Å². The van der Waals surface area contributed by atoms with Crippen LogP contribution in [0.3, 0.4) is 0 Å². The second-order valence-corrected chi connectivity index (χ2v) is 4.03. The van der Waals surface area contributed by atoms with Gasteiger partial charge in [-0.25, -0.2) is 0 Å². The summed E-state index contributed by atoms with van der Waals surface area (Å²) in [6.45, 7) is 3.65. The smallest absolute Gasteiger partial charge is 0.267 e. The van der Waals surface area contributed by atoms with Crippen molar-refractivity contribution in [3.05, 3.63) is 0 Å². The van der Waals surface area contributed by atoms with E-state index in [1.807, 2.05) is 6.92 Å². The molecule has 10 heavy (non-hydrogen) atoms. The van der Waals surface area contributed by atoms with Gasteiger partial charge >= 0.3 is 0 Å².